The number of unbranched alkanes of at least 4 members (excludes halogenated alkanes) is 12. The van der Waals surface area contributed by atoms with Crippen molar-refractivity contribution in [1.82, 2.24) is 0 Å². The molecule has 0 saturated carbocycles. The summed E-state index contributed by atoms with van der Waals surface area (Å²) in [6.07, 6.45) is 18.4. The van der Waals surface area contributed by atoms with Crippen molar-refractivity contribution >= 4 is 5.97 Å². The fourth-order valence-corrected chi connectivity index (χ4v) is 5.40. The third kappa shape index (κ3) is 53.1. The van der Waals surface area contributed by atoms with Crippen molar-refractivity contribution in [3.63, 3.8) is 0 Å². The maximum absolute atomic E-state index is 11.9. The number of hydrogen-bond donors (Lipinski definition) is 0. The van der Waals surface area contributed by atoms with Gasteiger partial charge in [-0.1, -0.05) is 104 Å². The van der Waals surface area contributed by atoms with Gasteiger partial charge in [-0.3, -0.25) is 4.79 Å². The molecule has 0 aliphatic carbocycles. The summed E-state index contributed by atoms with van der Waals surface area (Å²) < 4.78 is 71.3. The second-order valence-corrected chi connectivity index (χ2v) is 14.5. The fraction of sp³-hybridized carbons (Fsp3) is 0.978. The van der Waals surface area contributed by atoms with Crippen molar-refractivity contribution in [2.75, 3.05) is 165 Å². The average molecular weight is 855 g/mol. The van der Waals surface area contributed by atoms with Crippen molar-refractivity contribution in [1.29, 1.82) is 0 Å². The van der Waals surface area contributed by atoms with Crippen molar-refractivity contribution in [2.45, 2.75) is 117 Å². The van der Waals surface area contributed by atoms with Crippen LogP contribution in [-0.2, 0) is 66.4 Å². The summed E-state index contributed by atoms with van der Waals surface area (Å²) in [5, 5.41) is 0. The van der Waals surface area contributed by atoms with E-state index in [0.717, 1.165) is 25.9 Å². The van der Waals surface area contributed by atoms with Crippen molar-refractivity contribution < 1.29 is 66.4 Å². The fourth-order valence-electron chi connectivity index (χ4n) is 5.40. The Morgan fingerprint density at radius 3 is 0.831 bits per heavy atom. The first-order valence-corrected chi connectivity index (χ1v) is 23.3. The lowest BCUT2D eigenvalue weighted by atomic mass is 10.0. The van der Waals surface area contributed by atoms with E-state index in [0.29, 0.717) is 164 Å². The molecule has 0 aromatic rings. The highest BCUT2D eigenvalue weighted by Crippen LogP contribution is 2.13. The summed E-state index contributed by atoms with van der Waals surface area (Å²) in [7, 11) is 0. The van der Waals surface area contributed by atoms with Crippen LogP contribution in [0.5, 0.6) is 0 Å². The second-order valence-electron chi connectivity index (χ2n) is 14.5. The van der Waals surface area contributed by atoms with Crippen LogP contribution in [-0.4, -0.2) is 171 Å². The zero-order valence-corrected chi connectivity index (χ0v) is 38.1. The van der Waals surface area contributed by atoms with Crippen molar-refractivity contribution in [3.8, 4) is 0 Å². The lowest BCUT2D eigenvalue weighted by Crippen LogP contribution is -2.16. The van der Waals surface area contributed by atoms with Gasteiger partial charge in [0.2, 0.25) is 0 Å². The molecule has 0 aliphatic heterocycles. The summed E-state index contributed by atoms with van der Waals surface area (Å²) >= 11 is 0. The highest BCUT2D eigenvalue weighted by atomic mass is 16.6. The highest BCUT2D eigenvalue weighted by molar-refractivity contribution is 5.69. The summed E-state index contributed by atoms with van der Waals surface area (Å²) in [4.78, 5) is 11.9. The zero-order chi connectivity index (χ0) is 42.6. The van der Waals surface area contributed by atoms with Crippen LogP contribution in [0.25, 0.3) is 0 Å². The maximum Gasteiger partial charge on any atom is 0.305 e. The Labute approximate surface area is 359 Å². The molecule has 14 nitrogen and oxygen atoms in total. The van der Waals surface area contributed by atoms with Gasteiger partial charge in [-0.25, -0.2) is 0 Å². The average Bonchev–Trinajstić information content (AvgIpc) is 3.24. The summed E-state index contributed by atoms with van der Waals surface area (Å²) in [6, 6.07) is 0. The molecule has 0 heterocycles. The van der Waals surface area contributed by atoms with Gasteiger partial charge in [-0.2, -0.15) is 0 Å². The minimum atomic E-state index is -0.132. The Balaban J connectivity index is 3.12. The van der Waals surface area contributed by atoms with Crippen LogP contribution >= 0.6 is 0 Å². The third-order valence-electron chi connectivity index (χ3n) is 9.17. The lowest BCUT2D eigenvalue weighted by molar-refractivity contribution is -0.145. The Kier molecular flexibility index (Phi) is 52.2. The van der Waals surface area contributed by atoms with Gasteiger partial charge in [0.05, 0.1) is 152 Å². The lowest BCUT2D eigenvalue weighted by Gasteiger charge is -2.10. The van der Waals surface area contributed by atoms with Crippen molar-refractivity contribution in [2.24, 2.45) is 5.92 Å². The molecule has 0 bridgehead atoms. The molecular formula is C45H90O14. The van der Waals surface area contributed by atoms with Gasteiger partial charge < -0.3 is 61.6 Å². The molecule has 0 amide bonds. The summed E-state index contributed by atoms with van der Waals surface area (Å²) in [6.45, 7) is 19.4. The molecular weight excluding hydrogens is 764 g/mol. The van der Waals surface area contributed by atoms with Crippen LogP contribution < -0.4 is 0 Å². The molecule has 1 unspecified atom stereocenters. The van der Waals surface area contributed by atoms with Gasteiger partial charge in [-0.05, 0) is 12.3 Å². The molecule has 0 fully saturated rings. The van der Waals surface area contributed by atoms with Crippen LogP contribution in [0.3, 0.4) is 0 Å². The Bertz CT molecular complexity index is 781. The first-order chi connectivity index (χ1) is 29.2. The predicted octanol–water partition coefficient (Wildman–Crippen LogP) is 7.26. The first-order valence-electron chi connectivity index (χ1n) is 23.3. The van der Waals surface area contributed by atoms with Gasteiger partial charge in [-0.15, -0.1) is 0 Å². The van der Waals surface area contributed by atoms with Crippen molar-refractivity contribution in [3.05, 3.63) is 0 Å². The predicted molar refractivity (Wildman–Crippen MR) is 231 cm³/mol. The maximum atomic E-state index is 11.9. The van der Waals surface area contributed by atoms with Gasteiger partial charge in [0.25, 0.3) is 0 Å². The number of ether oxygens (including phenoxy) is 13. The van der Waals surface area contributed by atoms with Crippen LogP contribution in [0.15, 0.2) is 0 Å². The zero-order valence-electron chi connectivity index (χ0n) is 38.1. The second kappa shape index (κ2) is 53.1. The van der Waals surface area contributed by atoms with E-state index in [1.807, 2.05) is 0 Å². The van der Waals surface area contributed by atoms with Gasteiger partial charge >= 0.3 is 5.97 Å². The highest BCUT2D eigenvalue weighted by Gasteiger charge is 2.03. The Morgan fingerprint density at radius 1 is 0.322 bits per heavy atom. The molecule has 0 N–H and O–H groups in total. The van der Waals surface area contributed by atoms with Crippen LogP contribution in [0, 0.1) is 5.92 Å². The van der Waals surface area contributed by atoms with E-state index in [1.165, 1.54) is 70.6 Å². The van der Waals surface area contributed by atoms with E-state index >= 15 is 0 Å². The normalized spacial score (nSPS) is 12.1. The first kappa shape index (κ1) is 58.0. The molecule has 14 heteroatoms. The topological polar surface area (TPSA) is 137 Å². The minimum absolute atomic E-state index is 0.132. The monoisotopic (exact) mass is 855 g/mol. The van der Waals surface area contributed by atoms with E-state index in [4.69, 9.17) is 61.6 Å². The summed E-state index contributed by atoms with van der Waals surface area (Å²) in [5.41, 5.74) is 0. The Hall–Kier alpha value is -1.01. The molecule has 0 aromatic carbocycles. The quantitative estimate of drug-likeness (QED) is 0.0449. The standard InChI is InChI=1S/C45H90O14/c1-4-6-7-8-9-10-11-12-13-14-15-16-17-18-45(46)59-42-41-57-38-37-55-34-33-53-30-29-51-26-25-49-22-21-47-19-20-48-23-24-50-27-28-52-31-32-54-35-36-56-39-40-58-43-44(3)5-2/h44H,4-43H2,1-3H3. The third-order valence-corrected chi connectivity index (χ3v) is 9.17. The molecule has 0 spiro atoms. The molecule has 0 rings (SSSR count). The number of rotatable bonds is 53. The van der Waals surface area contributed by atoms with E-state index in [-0.39, 0.29) is 12.6 Å². The number of carbonyl (C=O) groups excluding carboxylic acids is 1. The molecule has 59 heavy (non-hydrogen) atoms. The SMILES string of the molecule is CCCCCCCCCCCCCCCC(=O)OCCOCCOCCOCCOCCOCCOCCOCCOCCOCCOCCOCCOCC(C)CC. The number of esters is 1. The molecule has 0 saturated heterocycles. The van der Waals surface area contributed by atoms with Gasteiger partial charge in [0.1, 0.15) is 6.61 Å². The molecule has 0 radical (unpaired) electrons. The molecule has 354 valence electrons. The molecule has 0 aromatic heterocycles. The number of carbonyl (C=O) groups is 1. The van der Waals surface area contributed by atoms with Gasteiger partial charge in [0.15, 0.2) is 0 Å². The van der Waals surface area contributed by atoms with Crippen LogP contribution in [0.4, 0.5) is 0 Å². The van der Waals surface area contributed by atoms with E-state index in [9.17, 15) is 4.79 Å². The van der Waals surface area contributed by atoms with E-state index < -0.39 is 0 Å². The van der Waals surface area contributed by atoms with E-state index in [2.05, 4.69) is 20.8 Å². The van der Waals surface area contributed by atoms with Crippen LogP contribution in [0.1, 0.15) is 117 Å². The molecule has 0 aliphatic rings. The number of hydrogen-bond acceptors (Lipinski definition) is 14. The largest absolute Gasteiger partial charge is 0.463 e. The smallest absolute Gasteiger partial charge is 0.305 e. The van der Waals surface area contributed by atoms with Crippen LogP contribution in [0.2, 0.25) is 0 Å². The molecule has 1 atom stereocenters. The Morgan fingerprint density at radius 2 is 0.559 bits per heavy atom. The van der Waals surface area contributed by atoms with Gasteiger partial charge in [0, 0.05) is 13.0 Å². The summed E-state index contributed by atoms with van der Waals surface area (Å²) in [5.74, 6) is 0.462. The van der Waals surface area contributed by atoms with E-state index in [1.54, 1.807) is 0 Å². The minimum Gasteiger partial charge on any atom is -0.463 e.